The Morgan fingerprint density at radius 1 is 0.556 bits per heavy atom. The maximum Gasteiger partial charge on any atom is -0.0178 e. The smallest absolute Gasteiger partial charge is 0.0178 e. The van der Waals surface area contributed by atoms with Crippen molar-refractivity contribution in [2.75, 3.05) is 0 Å². The summed E-state index contributed by atoms with van der Waals surface area (Å²) in [5, 5.41) is 2.60. The number of rotatable bonds is 1. The number of fused-ring (bicyclic) bond motifs is 1. The van der Waals surface area contributed by atoms with Crippen LogP contribution in [0.1, 0.15) is 11.1 Å². The van der Waals surface area contributed by atoms with Gasteiger partial charge in [-0.25, -0.2) is 0 Å². The number of hydrogen-bond donors (Lipinski definition) is 0. The van der Waals surface area contributed by atoms with Crippen molar-refractivity contribution in [1.29, 1.82) is 0 Å². The molecule has 0 radical (unpaired) electrons. The topological polar surface area (TPSA) is 0 Å². The molecule has 0 fully saturated rings. The van der Waals surface area contributed by atoms with E-state index < -0.39 is 0 Å². The summed E-state index contributed by atoms with van der Waals surface area (Å²) in [4.78, 5) is 0. The maximum atomic E-state index is 2.26. The average Bonchev–Trinajstić information content (AvgIpc) is 2.41. The molecule has 0 atom stereocenters. The predicted octanol–water partition coefficient (Wildman–Crippen LogP) is 5.12. The molecule has 0 saturated carbocycles. The minimum absolute atomic E-state index is 1.29. The average molecular weight is 232 g/mol. The summed E-state index contributed by atoms with van der Waals surface area (Å²) in [6.45, 7) is 4.32. The van der Waals surface area contributed by atoms with Crippen molar-refractivity contribution < 1.29 is 0 Å². The van der Waals surface area contributed by atoms with Crippen LogP contribution >= 0.6 is 0 Å². The van der Waals surface area contributed by atoms with Crippen LogP contribution in [0.2, 0.25) is 0 Å². The standard InChI is InChI=1S/C18H16/c1-13-7-8-17(11-14(13)2)18-10-9-15-5-3-4-6-16(15)12-18/h3-12H,1-2H3. The molecule has 88 valence electrons. The molecule has 0 aliphatic rings. The molecule has 0 heteroatoms. The summed E-state index contributed by atoms with van der Waals surface area (Å²) in [7, 11) is 0. The van der Waals surface area contributed by atoms with Crippen LogP contribution in [0, 0.1) is 13.8 Å². The molecular weight excluding hydrogens is 216 g/mol. The Balaban J connectivity index is 2.16. The summed E-state index contributed by atoms with van der Waals surface area (Å²) in [5.74, 6) is 0. The van der Waals surface area contributed by atoms with Crippen molar-refractivity contribution in [3.8, 4) is 11.1 Å². The van der Waals surface area contributed by atoms with Crippen molar-refractivity contribution in [3.05, 3.63) is 71.8 Å². The first-order chi connectivity index (χ1) is 8.74. The van der Waals surface area contributed by atoms with Gasteiger partial charge in [0.2, 0.25) is 0 Å². The highest BCUT2D eigenvalue weighted by atomic mass is 14.1. The predicted molar refractivity (Wildman–Crippen MR) is 78.9 cm³/mol. The van der Waals surface area contributed by atoms with Crippen LogP contribution < -0.4 is 0 Å². The van der Waals surface area contributed by atoms with Gasteiger partial charge >= 0.3 is 0 Å². The van der Waals surface area contributed by atoms with Crippen LogP contribution in [0.5, 0.6) is 0 Å². The molecule has 0 aliphatic carbocycles. The Morgan fingerprint density at radius 2 is 1.22 bits per heavy atom. The molecule has 3 aromatic carbocycles. The maximum absolute atomic E-state index is 2.26. The second kappa shape index (κ2) is 4.30. The third kappa shape index (κ3) is 1.91. The minimum Gasteiger partial charge on any atom is -0.0616 e. The lowest BCUT2D eigenvalue weighted by Crippen LogP contribution is -1.83. The summed E-state index contributed by atoms with van der Waals surface area (Å²) in [6, 6.07) is 21.8. The Bertz CT molecular complexity index is 708. The van der Waals surface area contributed by atoms with Gasteiger partial charge in [0, 0.05) is 0 Å². The van der Waals surface area contributed by atoms with E-state index in [9.17, 15) is 0 Å². The summed E-state index contributed by atoms with van der Waals surface area (Å²) >= 11 is 0. The van der Waals surface area contributed by atoms with E-state index in [0.29, 0.717) is 0 Å². The fraction of sp³-hybridized carbons (Fsp3) is 0.111. The third-order valence-corrected chi connectivity index (χ3v) is 3.59. The SMILES string of the molecule is Cc1ccc(-c2ccc3ccccc3c2)cc1C. The molecule has 0 bridgehead atoms. The van der Waals surface area contributed by atoms with Gasteiger partial charge in [-0.2, -0.15) is 0 Å². The number of aryl methyl sites for hydroxylation is 2. The van der Waals surface area contributed by atoms with Gasteiger partial charge in [-0.1, -0.05) is 54.6 Å². The molecule has 0 N–H and O–H groups in total. The molecule has 0 spiro atoms. The van der Waals surface area contributed by atoms with Crippen LogP contribution in [-0.2, 0) is 0 Å². The Kier molecular flexibility index (Phi) is 2.64. The van der Waals surface area contributed by atoms with Crippen molar-refractivity contribution in [3.63, 3.8) is 0 Å². The summed E-state index contributed by atoms with van der Waals surface area (Å²) < 4.78 is 0. The molecule has 0 aliphatic heterocycles. The van der Waals surface area contributed by atoms with Gasteiger partial charge in [-0.15, -0.1) is 0 Å². The van der Waals surface area contributed by atoms with Crippen molar-refractivity contribution in [2.45, 2.75) is 13.8 Å². The minimum atomic E-state index is 1.29. The first-order valence-electron chi connectivity index (χ1n) is 6.30. The zero-order chi connectivity index (χ0) is 12.5. The lowest BCUT2D eigenvalue weighted by Gasteiger charge is -2.07. The van der Waals surface area contributed by atoms with Gasteiger partial charge in [-0.3, -0.25) is 0 Å². The largest absolute Gasteiger partial charge is 0.0616 e. The van der Waals surface area contributed by atoms with E-state index in [1.54, 1.807) is 0 Å². The molecule has 0 saturated heterocycles. The van der Waals surface area contributed by atoms with Gasteiger partial charge in [-0.05, 0) is 52.9 Å². The van der Waals surface area contributed by atoms with Gasteiger partial charge in [0.15, 0.2) is 0 Å². The first kappa shape index (κ1) is 11.0. The quantitative estimate of drug-likeness (QED) is 0.546. The lowest BCUT2D eigenvalue weighted by atomic mass is 9.98. The normalized spacial score (nSPS) is 10.8. The van der Waals surface area contributed by atoms with E-state index >= 15 is 0 Å². The molecular formula is C18H16. The van der Waals surface area contributed by atoms with Gasteiger partial charge in [0.25, 0.3) is 0 Å². The highest BCUT2D eigenvalue weighted by Gasteiger charge is 2.01. The fourth-order valence-electron chi connectivity index (χ4n) is 2.29. The molecule has 0 amide bonds. The van der Waals surface area contributed by atoms with Crippen molar-refractivity contribution in [2.24, 2.45) is 0 Å². The van der Waals surface area contributed by atoms with E-state index in [1.807, 2.05) is 0 Å². The molecule has 0 unspecified atom stereocenters. The van der Waals surface area contributed by atoms with E-state index in [4.69, 9.17) is 0 Å². The van der Waals surface area contributed by atoms with Crippen LogP contribution in [0.3, 0.4) is 0 Å². The highest BCUT2D eigenvalue weighted by Crippen LogP contribution is 2.25. The van der Waals surface area contributed by atoms with E-state index in [-0.39, 0.29) is 0 Å². The molecule has 0 heterocycles. The van der Waals surface area contributed by atoms with Gasteiger partial charge in [0.05, 0.1) is 0 Å². The van der Waals surface area contributed by atoms with E-state index in [1.165, 1.54) is 33.0 Å². The Labute approximate surface area is 108 Å². The highest BCUT2D eigenvalue weighted by molar-refractivity contribution is 5.87. The Hall–Kier alpha value is -2.08. The monoisotopic (exact) mass is 232 g/mol. The van der Waals surface area contributed by atoms with Crippen molar-refractivity contribution >= 4 is 10.8 Å². The van der Waals surface area contributed by atoms with Crippen LogP contribution in [0.4, 0.5) is 0 Å². The molecule has 0 nitrogen and oxygen atoms in total. The summed E-state index contributed by atoms with van der Waals surface area (Å²) in [5.41, 5.74) is 5.28. The Morgan fingerprint density at radius 3 is 2.00 bits per heavy atom. The first-order valence-corrected chi connectivity index (χ1v) is 6.30. The lowest BCUT2D eigenvalue weighted by molar-refractivity contribution is 1.34. The molecule has 3 rings (SSSR count). The third-order valence-electron chi connectivity index (χ3n) is 3.59. The second-order valence-corrected chi connectivity index (χ2v) is 4.86. The zero-order valence-electron chi connectivity index (χ0n) is 10.8. The van der Waals surface area contributed by atoms with Gasteiger partial charge in [0.1, 0.15) is 0 Å². The summed E-state index contributed by atoms with van der Waals surface area (Å²) in [6.07, 6.45) is 0. The zero-order valence-corrected chi connectivity index (χ0v) is 10.8. The van der Waals surface area contributed by atoms with E-state index in [0.717, 1.165) is 0 Å². The number of hydrogen-bond acceptors (Lipinski definition) is 0. The number of benzene rings is 3. The molecule has 0 aromatic heterocycles. The van der Waals surface area contributed by atoms with Crippen LogP contribution in [-0.4, -0.2) is 0 Å². The molecule has 18 heavy (non-hydrogen) atoms. The molecule has 3 aromatic rings. The van der Waals surface area contributed by atoms with Crippen molar-refractivity contribution in [1.82, 2.24) is 0 Å². The second-order valence-electron chi connectivity index (χ2n) is 4.86. The van der Waals surface area contributed by atoms with E-state index in [2.05, 4.69) is 74.5 Å². The van der Waals surface area contributed by atoms with Crippen LogP contribution in [0.25, 0.3) is 21.9 Å². The fourth-order valence-corrected chi connectivity index (χ4v) is 2.29. The van der Waals surface area contributed by atoms with Crippen LogP contribution in [0.15, 0.2) is 60.7 Å². The van der Waals surface area contributed by atoms with Gasteiger partial charge < -0.3 is 0 Å².